The van der Waals surface area contributed by atoms with Crippen molar-refractivity contribution in [2.45, 2.75) is 38.6 Å². The van der Waals surface area contributed by atoms with Crippen LogP contribution in [-0.4, -0.2) is 35.0 Å². The summed E-state index contributed by atoms with van der Waals surface area (Å²) >= 11 is 3.46. The number of anilines is 2. The Hall–Kier alpha value is -1.37. The van der Waals surface area contributed by atoms with Gasteiger partial charge in [-0.25, -0.2) is 4.98 Å². The van der Waals surface area contributed by atoms with Crippen molar-refractivity contribution in [3.05, 3.63) is 10.7 Å². The summed E-state index contributed by atoms with van der Waals surface area (Å²) in [5, 5.41) is 3.16. The summed E-state index contributed by atoms with van der Waals surface area (Å²) in [4.78, 5) is 22.3. The van der Waals surface area contributed by atoms with Crippen LogP contribution in [0.2, 0.25) is 0 Å². The molecule has 1 amide bonds. The molecule has 1 saturated heterocycles. The van der Waals surface area contributed by atoms with Crippen LogP contribution in [-0.2, 0) is 4.79 Å². The highest BCUT2D eigenvalue weighted by molar-refractivity contribution is 9.10. The minimum atomic E-state index is -0.293. The molecule has 20 heavy (non-hydrogen) atoms. The predicted molar refractivity (Wildman–Crippen MR) is 82.7 cm³/mol. The van der Waals surface area contributed by atoms with E-state index in [9.17, 15) is 4.79 Å². The summed E-state index contributed by atoms with van der Waals surface area (Å²) < 4.78 is 0.785. The van der Waals surface area contributed by atoms with E-state index in [1.54, 1.807) is 6.20 Å². The Morgan fingerprint density at radius 1 is 1.60 bits per heavy atom. The number of nitrogens with zero attached hydrogens (tertiary/aromatic N) is 3. The van der Waals surface area contributed by atoms with Gasteiger partial charge < -0.3 is 16.0 Å². The lowest BCUT2D eigenvalue weighted by Gasteiger charge is -2.35. The van der Waals surface area contributed by atoms with Crippen LogP contribution in [0.1, 0.15) is 32.6 Å². The smallest absolute Gasteiger partial charge is 0.240 e. The lowest BCUT2D eigenvalue weighted by Crippen LogP contribution is -2.48. The first kappa shape index (κ1) is 15.0. The number of hydrogen-bond donors (Lipinski definition) is 2. The highest BCUT2D eigenvalue weighted by Gasteiger charge is 2.29. The Balaban J connectivity index is 2.26. The van der Waals surface area contributed by atoms with Crippen molar-refractivity contribution in [2.24, 2.45) is 5.73 Å². The zero-order chi connectivity index (χ0) is 14.5. The molecule has 1 aromatic rings. The molecular formula is C13H20BrN5O. The summed E-state index contributed by atoms with van der Waals surface area (Å²) in [5.41, 5.74) is 5.51. The molecule has 1 atom stereocenters. The van der Waals surface area contributed by atoms with Gasteiger partial charge in [0.25, 0.3) is 0 Å². The molecule has 0 bridgehead atoms. The van der Waals surface area contributed by atoms with Crippen molar-refractivity contribution >= 4 is 33.6 Å². The summed E-state index contributed by atoms with van der Waals surface area (Å²) in [6.45, 7) is 3.69. The van der Waals surface area contributed by atoms with Crippen molar-refractivity contribution in [1.82, 2.24) is 9.97 Å². The second-order valence-corrected chi connectivity index (χ2v) is 5.75. The van der Waals surface area contributed by atoms with E-state index in [1.165, 1.54) is 0 Å². The SMILES string of the molecule is CCCNc1ncc(Br)c(N2CCCCC2C(N)=O)n1. The van der Waals surface area contributed by atoms with Crippen LogP contribution in [0.3, 0.4) is 0 Å². The molecule has 1 aromatic heterocycles. The molecule has 1 unspecified atom stereocenters. The summed E-state index contributed by atoms with van der Waals surface area (Å²) in [7, 11) is 0. The number of halogens is 1. The van der Waals surface area contributed by atoms with Crippen LogP contribution in [0.5, 0.6) is 0 Å². The zero-order valence-corrected chi connectivity index (χ0v) is 13.2. The molecule has 6 nitrogen and oxygen atoms in total. The second-order valence-electron chi connectivity index (χ2n) is 4.90. The molecule has 0 aliphatic carbocycles. The van der Waals surface area contributed by atoms with Crippen LogP contribution >= 0.6 is 15.9 Å². The largest absolute Gasteiger partial charge is 0.368 e. The van der Waals surface area contributed by atoms with E-state index in [0.29, 0.717) is 5.95 Å². The Morgan fingerprint density at radius 3 is 3.10 bits per heavy atom. The van der Waals surface area contributed by atoms with Crippen LogP contribution in [0, 0.1) is 0 Å². The maximum absolute atomic E-state index is 11.6. The Morgan fingerprint density at radius 2 is 2.40 bits per heavy atom. The molecule has 0 radical (unpaired) electrons. The maximum Gasteiger partial charge on any atom is 0.240 e. The van der Waals surface area contributed by atoms with Gasteiger partial charge in [0.2, 0.25) is 11.9 Å². The molecule has 0 aromatic carbocycles. The first-order valence-corrected chi connectivity index (χ1v) is 7.75. The molecule has 0 spiro atoms. The number of carbonyl (C=O) groups excluding carboxylic acids is 1. The van der Waals surface area contributed by atoms with E-state index in [-0.39, 0.29) is 11.9 Å². The molecule has 1 fully saturated rings. The van der Waals surface area contributed by atoms with Gasteiger partial charge in [0, 0.05) is 19.3 Å². The van der Waals surface area contributed by atoms with Crippen molar-refractivity contribution in [1.29, 1.82) is 0 Å². The van der Waals surface area contributed by atoms with Crippen LogP contribution in [0.15, 0.2) is 10.7 Å². The molecule has 1 aliphatic heterocycles. The number of primary amides is 1. The van der Waals surface area contributed by atoms with E-state index in [2.05, 4.69) is 38.1 Å². The number of nitrogens with two attached hydrogens (primary N) is 1. The fourth-order valence-corrected chi connectivity index (χ4v) is 2.78. The van der Waals surface area contributed by atoms with Crippen LogP contribution in [0.4, 0.5) is 11.8 Å². The van der Waals surface area contributed by atoms with Gasteiger partial charge in [-0.2, -0.15) is 4.98 Å². The van der Waals surface area contributed by atoms with Gasteiger partial charge in [-0.15, -0.1) is 0 Å². The zero-order valence-electron chi connectivity index (χ0n) is 11.6. The Kier molecular flexibility index (Phi) is 5.17. The van der Waals surface area contributed by atoms with Crippen molar-refractivity contribution < 1.29 is 4.79 Å². The Bertz CT molecular complexity index is 482. The number of aromatic nitrogens is 2. The number of carbonyl (C=O) groups is 1. The first-order chi connectivity index (χ1) is 9.63. The quantitative estimate of drug-likeness (QED) is 0.854. The van der Waals surface area contributed by atoms with Gasteiger partial charge in [-0.3, -0.25) is 4.79 Å². The van der Waals surface area contributed by atoms with Crippen molar-refractivity contribution in [2.75, 3.05) is 23.3 Å². The summed E-state index contributed by atoms with van der Waals surface area (Å²) in [5.74, 6) is 1.03. The second kappa shape index (κ2) is 6.88. The van der Waals surface area contributed by atoms with Gasteiger partial charge in [0.15, 0.2) is 0 Å². The molecule has 2 heterocycles. The molecule has 0 saturated carbocycles. The van der Waals surface area contributed by atoms with Gasteiger partial charge >= 0.3 is 0 Å². The Labute approximate surface area is 127 Å². The molecule has 1 aliphatic rings. The lowest BCUT2D eigenvalue weighted by atomic mass is 10.0. The molecule has 2 rings (SSSR count). The third-order valence-corrected chi connectivity index (χ3v) is 3.92. The third kappa shape index (κ3) is 3.39. The molecule has 7 heteroatoms. The fraction of sp³-hybridized carbons (Fsp3) is 0.615. The first-order valence-electron chi connectivity index (χ1n) is 6.96. The number of hydrogen-bond acceptors (Lipinski definition) is 5. The van der Waals surface area contributed by atoms with Gasteiger partial charge in [0.05, 0.1) is 4.47 Å². The van der Waals surface area contributed by atoms with E-state index in [1.807, 2.05) is 4.90 Å². The standard InChI is InChI=1S/C13H20BrN5O/c1-2-6-16-13-17-8-9(14)12(18-13)19-7-4-3-5-10(19)11(15)20/h8,10H,2-7H2,1H3,(H2,15,20)(H,16,17,18). The topological polar surface area (TPSA) is 84.1 Å². The number of amides is 1. The van der Waals surface area contributed by atoms with E-state index >= 15 is 0 Å². The minimum Gasteiger partial charge on any atom is -0.368 e. The van der Waals surface area contributed by atoms with E-state index in [0.717, 1.165) is 49.1 Å². The summed E-state index contributed by atoms with van der Waals surface area (Å²) in [6.07, 6.45) is 5.56. The van der Waals surface area contributed by atoms with Gasteiger partial charge in [-0.05, 0) is 41.6 Å². The van der Waals surface area contributed by atoms with E-state index in [4.69, 9.17) is 5.73 Å². The lowest BCUT2D eigenvalue weighted by molar-refractivity contribution is -0.119. The number of piperidine rings is 1. The maximum atomic E-state index is 11.6. The number of rotatable bonds is 5. The van der Waals surface area contributed by atoms with Crippen LogP contribution in [0.25, 0.3) is 0 Å². The van der Waals surface area contributed by atoms with Gasteiger partial charge in [-0.1, -0.05) is 6.92 Å². The highest BCUT2D eigenvalue weighted by Crippen LogP contribution is 2.29. The monoisotopic (exact) mass is 341 g/mol. The third-order valence-electron chi connectivity index (χ3n) is 3.36. The average molecular weight is 342 g/mol. The van der Waals surface area contributed by atoms with E-state index < -0.39 is 0 Å². The molecule has 3 N–H and O–H groups in total. The molecule has 110 valence electrons. The fourth-order valence-electron chi connectivity index (χ4n) is 2.36. The van der Waals surface area contributed by atoms with Crippen molar-refractivity contribution in [3.63, 3.8) is 0 Å². The summed E-state index contributed by atoms with van der Waals surface area (Å²) in [6, 6.07) is -0.283. The predicted octanol–water partition coefficient (Wildman–Crippen LogP) is 1.91. The molecular weight excluding hydrogens is 322 g/mol. The van der Waals surface area contributed by atoms with Crippen LogP contribution < -0.4 is 16.0 Å². The highest BCUT2D eigenvalue weighted by atomic mass is 79.9. The number of nitrogens with one attached hydrogen (secondary N) is 1. The minimum absolute atomic E-state index is 0.283. The average Bonchev–Trinajstić information content (AvgIpc) is 2.46. The van der Waals surface area contributed by atoms with Crippen molar-refractivity contribution in [3.8, 4) is 0 Å². The van der Waals surface area contributed by atoms with Gasteiger partial charge in [0.1, 0.15) is 11.9 Å². The normalized spacial score (nSPS) is 18.9.